The Kier molecular flexibility index (Phi) is 5.11. The molecule has 0 unspecified atom stereocenters. The van der Waals surface area contributed by atoms with Gasteiger partial charge in [-0.2, -0.15) is 0 Å². The van der Waals surface area contributed by atoms with Crippen LogP contribution in [0.4, 0.5) is 10.5 Å². The highest BCUT2D eigenvalue weighted by Gasteiger charge is 2.42. The van der Waals surface area contributed by atoms with Crippen LogP contribution in [-0.4, -0.2) is 36.0 Å². The van der Waals surface area contributed by atoms with Crippen molar-refractivity contribution in [1.82, 2.24) is 10.2 Å². The molecule has 3 fully saturated rings. The van der Waals surface area contributed by atoms with Crippen molar-refractivity contribution >= 4 is 17.6 Å². The highest BCUT2D eigenvalue weighted by Crippen LogP contribution is 2.49. The number of carbonyl (C=O) groups is 2. The molecule has 2 aliphatic carbocycles. The zero-order chi connectivity index (χ0) is 19.0. The van der Waals surface area contributed by atoms with Crippen molar-refractivity contribution in [2.75, 3.05) is 18.4 Å². The van der Waals surface area contributed by atoms with Gasteiger partial charge in [0.05, 0.1) is 11.3 Å². The number of rotatable bonds is 4. The van der Waals surface area contributed by atoms with Crippen LogP contribution in [0, 0.1) is 24.7 Å². The largest absolute Gasteiger partial charge is 0.339 e. The Hall–Kier alpha value is -2.04. The van der Waals surface area contributed by atoms with Crippen LogP contribution in [0.5, 0.6) is 0 Å². The lowest BCUT2D eigenvalue weighted by atomic mass is 9.84. The zero-order valence-electron chi connectivity index (χ0n) is 16.5. The van der Waals surface area contributed by atoms with E-state index in [0.29, 0.717) is 17.2 Å². The Balaban J connectivity index is 1.43. The predicted molar refractivity (Wildman–Crippen MR) is 107 cm³/mol. The lowest BCUT2D eigenvalue weighted by Crippen LogP contribution is -2.42. The summed E-state index contributed by atoms with van der Waals surface area (Å²) in [6, 6.07) is 5.62. The lowest BCUT2D eigenvalue weighted by molar-refractivity contribution is 0.0794. The average Bonchev–Trinajstić information content (AvgIpc) is 3.40. The minimum atomic E-state index is -0.199. The first-order valence-corrected chi connectivity index (χ1v) is 10.5. The number of anilines is 1. The molecule has 0 spiro atoms. The van der Waals surface area contributed by atoms with Crippen LogP contribution in [-0.2, 0) is 0 Å². The van der Waals surface area contributed by atoms with Crippen LogP contribution in [0.25, 0.3) is 0 Å². The zero-order valence-corrected chi connectivity index (χ0v) is 16.5. The van der Waals surface area contributed by atoms with Gasteiger partial charge in [-0.15, -0.1) is 0 Å². The smallest absolute Gasteiger partial charge is 0.319 e. The summed E-state index contributed by atoms with van der Waals surface area (Å²) in [5.74, 6) is 2.26. The van der Waals surface area contributed by atoms with E-state index in [1.54, 1.807) is 0 Å². The van der Waals surface area contributed by atoms with Gasteiger partial charge in [0, 0.05) is 19.1 Å². The minimum Gasteiger partial charge on any atom is -0.339 e. The van der Waals surface area contributed by atoms with Crippen molar-refractivity contribution < 1.29 is 9.59 Å². The number of hydrogen-bond acceptors (Lipinski definition) is 2. The summed E-state index contributed by atoms with van der Waals surface area (Å²) in [5.41, 5.74) is 2.16. The Labute approximate surface area is 161 Å². The Morgan fingerprint density at radius 1 is 1.15 bits per heavy atom. The quantitative estimate of drug-likeness (QED) is 0.836. The van der Waals surface area contributed by atoms with Crippen molar-refractivity contribution in [3.8, 4) is 0 Å². The van der Waals surface area contributed by atoms with Crippen molar-refractivity contribution in [2.45, 2.75) is 58.4 Å². The summed E-state index contributed by atoms with van der Waals surface area (Å²) < 4.78 is 0. The molecule has 1 aromatic carbocycles. The molecule has 1 aromatic rings. The number of nitrogens with one attached hydrogen (secondary N) is 2. The van der Waals surface area contributed by atoms with Crippen LogP contribution in [0.3, 0.4) is 0 Å². The summed E-state index contributed by atoms with van der Waals surface area (Å²) in [4.78, 5) is 27.4. The maximum absolute atomic E-state index is 12.9. The number of nitrogens with zero attached hydrogens (tertiary/aromatic N) is 1. The Bertz CT molecular complexity index is 726. The van der Waals surface area contributed by atoms with E-state index in [-0.39, 0.29) is 18.0 Å². The first kappa shape index (κ1) is 18.3. The fourth-order valence-corrected chi connectivity index (χ4v) is 5.47. The number of aryl methyl sites for hydroxylation is 1. The maximum Gasteiger partial charge on any atom is 0.319 e. The molecule has 2 saturated carbocycles. The molecule has 1 saturated heterocycles. The van der Waals surface area contributed by atoms with Gasteiger partial charge < -0.3 is 15.5 Å². The number of benzene rings is 1. The van der Waals surface area contributed by atoms with Gasteiger partial charge in [0.2, 0.25) is 0 Å². The third kappa shape index (κ3) is 3.69. The number of likely N-dealkylation sites (tertiary alicyclic amines) is 1. The number of carbonyl (C=O) groups excluding carboxylic acids is 2. The number of urea groups is 1. The van der Waals surface area contributed by atoms with Crippen molar-refractivity contribution in [2.24, 2.45) is 17.8 Å². The molecule has 4 rings (SSSR count). The lowest BCUT2D eigenvalue weighted by Gasteiger charge is -2.28. The average molecular weight is 370 g/mol. The van der Waals surface area contributed by atoms with E-state index in [0.717, 1.165) is 43.3 Å². The van der Waals surface area contributed by atoms with Gasteiger partial charge >= 0.3 is 6.03 Å². The minimum absolute atomic E-state index is 0.0210. The van der Waals surface area contributed by atoms with E-state index in [4.69, 9.17) is 0 Å². The number of para-hydroxylation sites is 1. The molecule has 2 N–H and O–H groups in total. The van der Waals surface area contributed by atoms with Crippen molar-refractivity contribution in [3.63, 3.8) is 0 Å². The SMILES string of the molecule is Cc1cccc(C(=O)N2CCCC2)c1NC(=O)N[C@H](C)[C@@H]1C[C@@H]2CC[C@@H]1C2. The molecule has 5 heteroatoms. The second-order valence-electron chi connectivity index (χ2n) is 8.72. The number of hydrogen-bond donors (Lipinski definition) is 2. The fourth-order valence-electron chi connectivity index (χ4n) is 5.47. The van der Waals surface area contributed by atoms with Gasteiger partial charge in [0.1, 0.15) is 0 Å². The molecule has 3 amide bonds. The third-order valence-electron chi connectivity index (χ3n) is 6.93. The van der Waals surface area contributed by atoms with E-state index in [2.05, 4.69) is 17.6 Å². The van der Waals surface area contributed by atoms with Gasteiger partial charge in [-0.3, -0.25) is 4.79 Å². The Morgan fingerprint density at radius 2 is 1.93 bits per heavy atom. The number of amides is 3. The highest BCUT2D eigenvalue weighted by atomic mass is 16.2. The number of fused-ring (bicyclic) bond motifs is 2. The molecule has 27 heavy (non-hydrogen) atoms. The normalized spacial score (nSPS) is 27.6. The van der Waals surface area contributed by atoms with E-state index < -0.39 is 0 Å². The third-order valence-corrected chi connectivity index (χ3v) is 6.93. The molecular formula is C22H31N3O2. The molecular weight excluding hydrogens is 338 g/mol. The maximum atomic E-state index is 12.9. The van der Waals surface area contributed by atoms with Gasteiger partial charge in [-0.05, 0) is 75.3 Å². The molecule has 0 aromatic heterocycles. The molecule has 3 aliphatic rings. The molecule has 4 atom stereocenters. The summed E-state index contributed by atoms with van der Waals surface area (Å²) in [7, 11) is 0. The van der Waals surface area contributed by atoms with Crippen LogP contribution in [0.1, 0.15) is 61.4 Å². The Morgan fingerprint density at radius 3 is 2.59 bits per heavy atom. The second kappa shape index (κ2) is 7.53. The van der Waals surface area contributed by atoms with Gasteiger partial charge in [-0.1, -0.05) is 18.6 Å². The topological polar surface area (TPSA) is 61.4 Å². The van der Waals surface area contributed by atoms with Crippen LogP contribution >= 0.6 is 0 Å². The molecule has 1 aliphatic heterocycles. The summed E-state index contributed by atoms with van der Waals surface area (Å²) in [5, 5.41) is 6.13. The van der Waals surface area contributed by atoms with E-state index in [9.17, 15) is 9.59 Å². The van der Waals surface area contributed by atoms with E-state index >= 15 is 0 Å². The van der Waals surface area contributed by atoms with Crippen molar-refractivity contribution in [1.29, 1.82) is 0 Å². The highest BCUT2D eigenvalue weighted by molar-refractivity contribution is 6.04. The molecule has 0 radical (unpaired) electrons. The van der Waals surface area contributed by atoms with Gasteiger partial charge in [0.15, 0.2) is 0 Å². The van der Waals surface area contributed by atoms with Crippen LogP contribution in [0.2, 0.25) is 0 Å². The molecule has 146 valence electrons. The molecule has 1 heterocycles. The molecule has 5 nitrogen and oxygen atoms in total. The van der Waals surface area contributed by atoms with Crippen LogP contribution < -0.4 is 10.6 Å². The van der Waals surface area contributed by atoms with Gasteiger partial charge in [0.25, 0.3) is 5.91 Å². The summed E-state index contributed by atoms with van der Waals surface area (Å²) in [6.45, 7) is 5.67. The monoisotopic (exact) mass is 369 g/mol. The summed E-state index contributed by atoms with van der Waals surface area (Å²) in [6.07, 6.45) is 7.38. The van der Waals surface area contributed by atoms with E-state index in [1.807, 2.05) is 30.0 Å². The fraction of sp³-hybridized carbons (Fsp3) is 0.636. The first-order valence-electron chi connectivity index (χ1n) is 10.5. The van der Waals surface area contributed by atoms with E-state index in [1.165, 1.54) is 25.7 Å². The standard InChI is InChI=1S/C22H31N3O2/c1-14-6-5-7-18(21(26)25-10-3-4-11-25)20(14)24-22(27)23-15(2)19-13-16-8-9-17(19)12-16/h5-7,15-17,19H,3-4,8-13H2,1-2H3,(H2,23,24,27)/t15-,16-,17-,19+/m1/s1. The molecule has 2 bridgehead atoms. The van der Waals surface area contributed by atoms with Crippen molar-refractivity contribution in [3.05, 3.63) is 29.3 Å². The first-order chi connectivity index (χ1) is 13.0. The summed E-state index contributed by atoms with van der Waals surface area (Å²) >= 11 is 0. The second-order valence-corrected chi connectivity index (χ2v) is 8.72. The van der Waals surface area contributed by atoms with Crippen LogP contribution in [0.15, 0.2) is 18.2 Å². The van der Waals surface area contributed by atoms with Gasteiger partial charge in [-0.25, -0.2) is 4.79 Å². The predicted octanol–water partition coefficient (Wildman–Crippen LogP) is 4.18.